The predicted molar refractivity (Wildman–Crippen MR) is 108 cm³/mol. The molecule has 0 aromatic heterocycles. The van der Waals surface area contributed by atoms with Crippen molar-refractivity contribution in [3.63, 3.8) is 0 Å². The minimum atomic E-state index is 0.118. The molecule has 0 N–H and O–H groups in total. The van der Waals surface area contributed by atoms with E-state index in [-0.39, 0.29) is 6.04 Å². The van der Waals surface area contributed by atoms with Crippen molar-refractivity contribution in [2.24, 2.45) is 4.99 Å². The Morgan fingerprint density at radius 1 is 1.04 bits per heavy atom. The summed E-state index contributed by atoms with van der Waals surface area (Å²) in [5.41, 5.74) is 4.27. The molecule has 27 heavy (non-hydrogen) atoms. The van der Waals surface area contributed by atoms with Gasteiger partial charge in [-0.25, -0.2) is 0 Å². The van der Waals surface area contributed by atoms with Crippen LogP contribution < -0.4 is 0 Å². The first kappa shape index (κ1) is 21.6. The van der Waals surface area contributed by atoms with Crippen LogP contribution in [0.25, 0.3) is 0 Å². The van der Waals surface area contributed by atoms with Crippen LogP contribution in [-0.4, -0.2) is 21.6 Å². The Morgan fingerprint density at radius 2 is 1.56 bits per heavy atom. The Labute approximate surface area is 179 Å². The van der Waals surface area contributed by atoms with Gasteiger partial charge in [0.2, 0.25) is 0 Å². The molecule has 0 radical (unpaired) electrons. The Kier molecular flexibility index (Phi) is 8.92. The summed E-state index contributed by atoms with van der Waals surface area (Å²) in [6.45, 7) is 4.17. The summed E-state index contributed by atoms with van der Waals surface area (Å²) in [6, 6.07) is 21.2. The van der Waals surface area contributed by atoms with Gasteiger partial charge < -0.3 is 0 Å². The van der Waals surface area contributed by atoms with Crippen LogP contribution in [0, 0.1) is 0 Å². The Morgan fingerprint density at radius 3 is 1.96 bits per heavy atom. The van der Waals surface area contributed by atoms with E-state index in [0.717, 1.165) is 40.2 Å². The Bertz CT molecular complexity index is 745. The topological polar surface area (TPSA) is 32.7 Å². The van der Waals surface area contributed by atoms with E-state index in [2.05, 4.69) is 74.3 Å². The zero-order valence-electron chi connectivity index (χ0n) is 16.6. The number of rotatable bonds is 8. The van der Waals surface area contributed by atoms with E-state index < -0.39 is 0 Å². The SMILES string of the molecule is CCC/C(C=O)=C(\CC)N=[C]([Hg])N(C)C(c1ccccc1)c1ccccc1. The van der Waals surface area contributed by atoms with Crippen LogP contribution in [0.1, 0.15) is 50.3 Å². The van der Waals surface area contributed by atoms with Gasteiger partial charge in [0, 0.05) is 0 Å². The van der Waals surface area contributed by atoms with Crippen LogP contribution in [0.5, 0.6) is 0 Å². The molecule has 0 aliphatic rings. The molecule has 2 aromatic rings. The molecular formula is C23H27HgN2O. The van der Waals surface area contributed by atoms with E-state index in [4.69, 9.17) is 4.99 Å². The molecule has 4 heteroatoms. The molecular weight excluding hydrogens is 521 g/mol. The fourth-order valence-corrected chi connectivity index (χ4v) is 4.66. The van der Waals surface area contributed by atoms with E-state index in [1.54, 1.807) is 0 Å². The summed E-state index contributed by atoms with van der Waals surface area (Å²) in [5, 5.41) is 0. The third-order valence-electron chi connectivity index (χ3n) is 4.66. The average molecular weight is 548 g/mol. The molecule has 0 amide bonds. The monoisotopic (exact) mass is 549 g/mol. The summed E-state index contributed by atoms with van der Waals surface area (Å²) >= 11 is 0.319. The summed E-state index contributed by atoms with van der Waals surface area (Å²) in [5.74, 6) is 0. The molecule has 2 rings (SSSR count). The van der Waals surface area contributed by atoms with Gasteiger partial charge in [-0.15, -0.1) is 0 Å². The van der Waals surface area contributed by atoms with Crippen molar-refractivity contribution in [2.75, 3.05) is 7.05 Å². The molecule has 0 unspecified atom stereocenters. The molecule has 0 aliphatic carbocycles. The molecule has 137 valence electrons. The second-order valence-electron chi connectivity index (χ2n) is 6.56. The molecule has 0 saturated heterocycles. The van der Waals surface area contributed by atoms with Gasteiger partial charge >= 0.3 is 180 Å². The van der Waals surface area contributed by atoms with Gasteiger partial charge in [-0.2, -0.15) is 0 Å². The number of carbonyl (C=O) groups is 1. The van der Waals surface area contributed by atoms with Crippen molar-refractivity contribution in [3.8, 4) is 0 Å². The maximum atomic E-state index is 11.5. The van der Waals surface area contributed by atoms with Gasteiger partial charge in [-0.1, -0.05) is 0 Å². The van der Waals surface area contributed by atoms with Gasteiger partial charge in [0.05, 0.1) is 0 Å². The van der Waals surface area contributed by atoms with Gasteiger partial charge in [0.25, 0.3) is 0 Å². The number of benzene rings is 2. The summed E-state index contributed by atoms with van der Waals surface area (Å²) < 4.78 is 1.10. The molecule has 0 fully saturated rings. The van der Waals surface area contributed by atoms with Crippen molar-refractivity contribution in [1.82, 2.24) is 4.90 Å². The fourth-order valence-electron chi connectivity index (χ4n) is 3.21. The van der Waals surface area contributed by atoms with Gasteiger partial charge in [0.15, 0.2) is 0 Å². The molecule has 0 bridgehead atoms. The predicted octanol–water partition coefficient (Wildman–Crippen LogP) is 5.27. The number of nitrogens with zero attached hydrogens (tertiary/aromatic N) is 2. The molecule has 0 aliphatic heterocycles. The van der Waals surface area contributed by atoms with E-state index in [0.29, 0.717) is 26.1 Å². The average Bonchev–Trinajstić information content (AvgIpc) is 2.72. The zero-order chi connectivity index (χ0) is 19.6. The second kappa shape index (κ2) is 11.2. The van der Waals surface area contributed by atoms with E-state index in [1.165, 1.54) is 11.1 Å². The van der Waals surface area contributed by atoms with Crippen molar-refractivity contribution < 1.29 is 30.9 Å². The summed E-state index contributed by atoms with van der Waals surface area (Å²) in [6.07, 6.45) is 3.52. The Hall–Kier alpha value is -1.74. The summed E-state index contributed by atoms with van der Waals surface area (Å²) in [7, 11) is 2.12. The molecule has 0 spiro atoms. The van der Waals surface area contributed by atoms with Gasteiger partial charge in [-0.3, -0.25) is 0 Å². The van der Waals surface area contributed by atoms with E-state index in [9.17, 15) is 4.79 Å². The van der Waals surface area contributed by atoms with Crippen LogP contribution in [0.15, 0.2) is 76.9 Å². The van der Waals surface area contributed by atoms with Gasteiger partial charge in [0.1, 0.15) is 0 Å². The van der Waals surface area contributed by atoms with E-state index in [1.807, 2.05) is 12.1 Å². The van der Waals surface area contributed by atoms with E-state index >= 15 is 0 Å². The first-order chi connectivity index (χ1) is 13.1. The van der Waals surface area contributed by atoms with Gasteiger partial charge in [-0.05, 0) is 0 Å². The molecule has 3 nitrogen and oxygen atoms in total. The molecule has 0 heterocycles. The van der Waals surface area contributed by atoms with Crippen molar-refractivity contribution in [2.45, 2.75) is 39.2 Å². The quantitative estimate of drug-likeness (QED) is 0.148. The Balaban J connectivity index is 2.45. The van der Waals surface area contributed by atoms with Crippen LogP contribution in [-0.2, 0) is 30.9 Å². The minimum absolute atomic E-state index is 0.118. The van der Waals surface area contributed by atoms with Crippen molar-refractivity contribution in [1.29, 1.82) is 0 Å². The third kappa shape index (κ3) is 5.87. The number of allylic oxidation sites excluding steroid dienone is 2. The zero-order valence-corrected chi connectivity index (χ0v) is 22.1. The fraction of sp³-hybridized carbons (Fsp3) is 0.304. The van der Waals surface area contributed by atoms with Crippen LogP contribution >= 0.6 is 0 Å². The number of aliphatic imine (C=N–C) groups is 1. The number of aldehydes is 1. The van der Waals surface area contributed by atoms with Crippen LogP contribution in [0.2, 0.25) is 0 Å². The molecule has 0 saturated carbocycles. The van der Waals surface area contributed by atoms with Crippen LogP contribution in [0.3, 0.4) is 0 Å². The maximum absolute atomic E-state index is 11.5. The first-order valence-electron chi connectivity index (χ1n) is 9.52. The number of hydrogen-bond acceptors (Lipinski definition) is 2. The summed E-state index contributed by atoms with van der Waals surface area (Å²) in [4.78, 5) is 18.7. The first-order valence-corrected chi connectivity index (χ1v) is 12.3. The van der Waals surface area contributed by atoms with Crippen molar-refractivity contribution in [3.05, 3.63) is 83.1 Å². The molecule has 0 atom stereocenters. The number of hydrogen-bond donors (Lipinski definition) is 0. The second-order valence-corrected chi connectivity index (χ2v) is 9.01. The molecule has 2 aromatic carbocycles. The number of amidine groups is 1. The normalized spacial score (nSPS) is 12.7. The third-order valence-corrected chi connectivity index (χ3v) is 7.21. The van der Waals surface area contributed by atoms with Crippen LogP contribution in [0.4, 0.5) is 0 Å². The van der Waals surface area contributed by atoms with Crippen molar-refractivity contribution >= 4 is 9.63 Å². The standard InChI is InChI=1S/C23H27N2O.Hg/c1-4-12-21(17-26)22(5-2)24-18-25(3)23(19-13-8-6-9-14-19)20-15-10-7-11-16-20;/h6-11,13-17,23H,4-5,12H2,1-3H3;/b22-21-,24-18?;. The number of carbonyl (C=O) groups excluding carboxylic acids is 1.